The van der Waals surface area contributed by atoms with Gasteiger partial charge in [0, 0.05) is 30.9 Å². The Morgan fingerprint density at radius 2 is 2.07 bits per heavy atom. The Balaban J connectivity index is 1.52. The molecule has 146 valence electrons. The maximum absolute atomic E-state index is 11.8. The minimum absolute atomic E-state index is 0.374. The zero-order chi connectivity index (χ0) is 19.5. The summed E-state index contributed by atoms with van der Waals surface area (Å²) in [6, 6.07) is 6.52. The summed E-state index contributed by atoms with van der Waals surface area (Å²) in [6.07, 6.45) is 11.2. The third kappa shape index (κ3) is 2.45. The van der Waals surface area contributed by atoms with E-state index in [1.54, 1.807) is 4.40 Å². The largest absolute Gasteiger partial charge is 0.364 e. The summed E-state index contributed by atoms with van der Waals surface area (Å²) in [5.74, 6) is 0.599. The number of nitrogens with two attached hydrogens (primary N) is 1. The van der Waals surface area contributed by atoms with Gasteiger partial charge in [0.2, 0.25) is 0 Å². The Bertz CT molecular complexity index is 1260. The first-order valence-electron chi connectivity index (χ1n) is 10.1. The zero-order valence-corrected chi connectivity index (χ0v) is 16.0. The highest BCUT2D eigenvalue weighted by Gasteiger charge is 2.26. The molecule has 0 saturated heterocycles. The Kier molecular flexibility index (Phi) is 3.44. The molecule has 4 aromatic heterocycles. The summed E-state index contributed by atoms with van der Waals surface area (Å²) >= 11 is 0. The van der Waals surface area contributed by atoms with Gasteiger partial charge < -0.3 is 10.3 Å². The highest BCUT2D eigenvalue weighted by atomic mass is 16.1. The number of fused-ring (bicyclic) bond motifs is 2. The van der Waals surface area contributed by atoms with Gasteiger partial charge in [0.1, 0.15) is 28.6 Å². The van der Waals surface area contributed by atoms with E-state index in [1.807, 2.05) is 18.3 Å². The van der Waals surface area contributed by atoms with Crippen LogP contribution in [0.3, 0.4) is 0 Å². The second-order valence-electron chi connectivity index (χ2n) is 7.90. The van der Waals surface area contributed by atoms with Crippen molar-refractivity contribution < 1.29 is 4.79 Å². The van der Waals surface area contributed by atoms with Crippen LogP contribution in [0.4, 0.5) is 0 Å². The number of rotatable bonds is 4. The Morgan fingerprint density at radius 3 is 2.86 bits per heavy atom. The number of carbonyl (C=O) groups is 1. The fourth-order valence-electron chi connectivity index (χ4n) is 4.42. The lowest BCUT2D eigenvalue weighted by atomic mass is 9.93. The molecule has 0 bridgehead atoms. The summed E-state index contributed by atoms with van der Waals surface area (Å²) in [7, 11) is 0. The number of nitrogens with zero attached hydrogens (tertiary/aromatic N) is 6. The van der Waals surface area contributed by atoms with E-state index in [1.165, 1.54) is 25.5 Å². The highest BCUT2D eigenvalue weighted by Crippen LogP contribution is 2.37. The van der Waals surface area contributed by atoms with Gasteiger partial charge in [-0.3, -0.25) is 13.9 Å². The van der Waals surface area contributed by atoms with Gasteiger partial charge in [-0.2, -0.15) is 5.10 Å². The summed E-state index contributed by atoms with van der Waals surface area (Å²) in [5, 5.41) is 4.85. The number of primary amides is 1. The van der Waals surface area contributed by atoms with Gasteiger partial charge in [0.05, 0.1) is 17.9 Å². The molecule has 0 spiro atoms. The third-order valence-corrected chi connectivity index (χ3v) is 6.16. The van der Waals surface area contributed by atoms with E-state index in [4.69, 9.17) is 15.8 Å². The number of imidazole rings is 2. The molecule has 0 unspecified atom stereocenters. The van der Waals surface area contributed by atoms with Crippen LogP contribution in [0.5, 0.6) is 0 Å². The molecule has 2 N–H and O–H groups in total. The molecule has 1 saturated carbocycles. The number of aryl methyl sites for hydroxylation is 1. The first-order chi connectivity index (χ1) is 14.2. The van der Waals surface area contributed by atoms with Crippen molar-refractivity contribution in [3.8, 4) is 22.6 Å². The van der Waals surface area contributed by atoms with Gasteiger partial charge in [-0.25, -0.2) is 9.97 Å². The SMILES string of the molecule is NC(=O)c1cnc2ccc(-c3c(-c4ccn(C5CCC5)n4)nc4n3CCC4)cn12. The Labute approximate surface area is 167 Å². The van der Waals surface area contributed by atoms with Crippen molar-refractivity contribution in [2.45, 2.75) is 44.7 Å². The molecular weight excluding hydrogens is 366 g/mol. The van der Waals surface area contributed by atoms with Gasteiger partial charge in [-0.1, -0.05) is 0 Å². The fourth-order valence-corrected chi connectivity index (χ4v) is 4.42. The maximum atomic E-state index is 11.8. The average Bonchev–Trinajstić information content (AvgIpc) is 3.41. The first kappa shape index (κ1) is 16.5. The minimum Gasteiger partial charge on any atom is -0.364 e. The third-order valence-electron chi connectivity index (χ3n) is 6.16. The lowest BCUT2D eigenvalue weighted by Crippen LogP contribution is -2.17. The summed E-state index contributed by atoms with van der Waals surface area (Å²) < 4.78 is 6.11. The van der Waals surface area contributed by atoms with Crippen LogP contribution in [0.25, 0.3) is 28.3 Å². The van der Waals surface area contributed by atoms with Crippen molar-refractivity contribution >= 4 is 11.6 Å². The number of aromatic nitrogens is 6. The van der Waals surface area contributed by atoms with Crippen molar-refractivity contribution in [1.82, 2.24) is 28.7 Å². The molecule has 1 fully saturated rings. The second-order valence-corrected chi connectivity index (χ2v) is 7.90. The molecule has 1 aliphatic carbocycles. The van der Waals surface area contributed by atoms with Crippen LogP contribution in [-0.4, -0.2) is 34.6 Å². The molecule has 6 rings (SSSR count). The maximum Gasteiger partial charge on any atom is 0.267 e. The van der Waals surface area contributed by atoms with Crippen LogP contribution in [0.15, 0.2) is 36.8 Å². The van der Waals surface area contributed by atoms with E-state index >= 15 is 0 Å². The van der Waals surface area contributed by atoms with Crippen molar-refractivity contribution in [2.75, 3.05) is 0 Å². The molecule has 8 heteroatoms. The average molecular weight is 387 g/mol. The van der Waals surface area contributed by atoms with E-state index in [0.29, 0.717) is 17.4 Å². The molecular formula is C21H21N7O. The molecule has 0 radical (unpaired) electrons. The van der Waals surface area contributed by atoms with Crippen LogP contribution >= 0.6 is 0 Å². The van der Waals surface area contributed by atoms with E-state index in [9.17, 15) is 4.79 Å². The monoisotopic (exact) mass is 387 g/mol. The van der Waals surface area contributed by atoms with Crippen LogP contribution in [-0.2, 0) is 13.0 Å². The topological polar surface area (TPSA) is 96.0 Å². The molecule has 1 amide bonds. The predicted molar refractivity (Wildman–Crippen MR) is 107 cm³/mol. The molecule has 5 heterocycles. The van der Waals surface area contributed by atoms with Crippen molar-refractivity contribution in [1.29, 1.82) is 0 Å². The summed E-state index contributed by atoms with van der Waals surface area (Å²) in [5.41, 5.74) is 10.4. The first-order valence-corrected chi connectivity index (χ1v) is 10.1. The fraction of sp³-hybridized carbons (Fsp3) is 0.333. The van der Waals surface area contributed by atoms with E-state index in [0.717, 1.165) is 47.9 Å². The van der Waals surface area contributed by atoms with Gasteiger partial charge in [-0.05, 0) is 43.9 Å². The Morgan fingerprint density at radius 1 is 1.17 bits per heavy atom. The standard InChI is InChI=1S/C21H21N7O/c22-21(29)16-11-23-17-7-6-13(12-27(16)17)20-19(24-18-5-2-9-26(18)20)15-8-10-28(25-15)14-3-1-4-14/h6-8,10-12,14H,1-5,9H2,(H2,22,29). The molecule has 4 aromatic rings. The number of amides is 1. The normalized spacial score (nSPS) is 16.3. The quantitative estimate of drug-likeness (QED) is 0.582. The Hall–Kier alpha value is -3.42. The summed E-state index contributed by atoms with van der Waals surface area (Å²) in [6.45, 7) is 0.936. The van der Waals surface area contributed by atoms with Gasteiger partial charge in [-0.15, -0.1) is 0 Å². The van der Waals surface area contributed by atoms with Crippen LogP contribution in [0.1, 0.15) is 48.0 Å². The van der Waals surface area contributed by atoms with E-state index < -0.39 is 5.91 Å². The molecule has 29 heavy (non-hydrogen) atoms. The number of hydrogen-bond acceptors (Lipinski definition) is 4. The molecule has 1 aliphatic heterocycles. The molecule has 0 atom stereocenters. The van der Waals surface area contributed by atoms with E-state index in [-0.39, 0.29) is 0 Å². The van der Waals surface area contributed by atoms with Gasteiger partial charge >= 0.3 is 0 Å². The summed E-state index contributed by atoms with van der Waals surface area (Å²) in [4.78, 5) is 21.0. The van der Waals surface area contributed by atoms with E-state index in [2.05, 4.69) is 26.5 Å². The lowest BCUT2D eigenvalue weighted by molar-refractivity contribution is 0.0995. The highest BCUT2D eigenvalue weighted by molar-refractivity contribution is 5.92. The van der Waals surface area contributed by atoms with Gasteiger partial charge in [0.25, 0.3) is 5.91 Å². The predicted octanol–water partition coefficient (Wildman–Crippen LogP) is 2.83. The molecule has 0 aromatic carbocycles. The van der Waals surface area contributed by atoms with Crippen LogP contribution in [0.2, 0.25) is 0 Å². The molecule has 8 nitrogen and oxygen atoms in total. The van der Waals surface area contributed by atoms with Crippen molar-refractivity contribution in [3.63, 3.8) is 0 Å². The molecule has 2 aliphatic rings. The minimum atomic E-state index is -0.493. The smallest absolute Gasteiger partial charge is 0.267 e. The number of pyridine rings is 1. The van der Waals surface area contributed by atoms with Gasteiger partial charge in [0.15, 0.2) is 0 Å². The zero-order valence-electron chi connectivity index (χ0n) is 16.0. The van der Waals surface area contributed by atoms with Crippen LogP contribution in [0, 0.1) is 0 Å². The van der Waals surface area contributed by atoms with Crippen molar-refractivity contribution in [3.05, 3.63) is 48.3 Å². The lowest BCUT2D eigenvalue weighted by Gasteiger charge is -2.25. The van der Waals surface area contributed by atoms with Crippen molar-refractivity contribution in [2.24, 2.45) is 5.73 Å². The second kappa shape index (κ2) is 6.04. The van der Waals surface area contributed by atoms with Crippen LogP contribution < -0.4 is 5.73 Å². The number of carbonyl (C=O) groups excluding carboxylic acids is 1. The number of hydrogen-bond donors (Lipinski definition) is 1.